The second-order valence-corrected chi connectivity index (χ2v) is 8.03. The summed E-state index contributed by atoms with van der Waals surface area (Å²) in [5.41, 5.74) is 2.27. The molecule has 1 aromatic carbocycles. The highest BCUT2D eigenvalue weighted by Crippen LogP contribution is 2.27. The standard InChI is InChI=1S/C20H28N4OS/c1-4-24-19(16-11-7-5-9-14(16)2)22-23-20(24)26-13-18(25)21-17-12-8-6-10-15(17)3/h5,7,9,11,15,17H,4,6,8,10,12-13H2,1-3H3,(H,21,25)/t15-,17-/m0/s1. The molecule has 0 unspecified atom stereocenters. The Kier molecular flexibility index (Phi) is 6.35. The maximum atomic E-state index is 12.4. The van der Waals surface area contributed by atoms with E-state index < -0.39 is 0 Å². The molecule has 5 nitrogen and oxygen atoms in total. The van der Waals surface area contributed by atoms with Crippen LogP contribution in [0.3, 0.4) is 0 Å². The van der Waals surface area contributed by atoms with Gasteiger partial charge in [-0.15, -0.1) is 10.2 Å². The van der Waals surface area contributed by atoms with Gasteiger partial charge >= 0.3 is 0 Å². The Labute approximate surface area is 160 Å². The number of carbonyl (C=O) groups excluding carboxylic acids is 1. The number of rotatable bonds is 6. The Balaban J connectivity index is 1.65. The molecule has 0 saturated heterocycles. The van der Waals surface area contributed by atoms with Gasteiger partial charge in [0, 0.05) is 18.2 Å². The summed E-state index contributed by atoms with van der Waals surface area (Å²) in [6.07, 6.45) is 4.80. The summed E-state index contributed by atoms with van der Waals surface area (Å²) >= 11 is 1.47. The molecule has 1 amide bonds. The highest BCUT2D eigenvalue weighted by atomic mass is 32.2. The number of carbonyl (C=O) groups is 1. The van der Waals surface area contributed by atoms with Gasteiger partial charge in [-0.2, -0.15) is 0 Å². The molecule has 140 valence electrons. The van der Waals surface area contributed by atoms with Gasteiger partial charge in [-0.1, -0.05) is 55.8 Å². The lowest BCUT2D eigenvalue weighted by molar-refractivity contribution is -0.119. The van der Waals surface area contributed by atoms with Crippen molar-refractivity contribution in [2.45, 2.75) is 64.2 Å². The molecule has 1 N–H and O–H groups in total. The van der Waals surface area contributed by atoms with E-state index in [1.807, 2.05) is 12.1 Å². The highest BCUT2D eigenvalue weighted by Gasteiger charge is 2.23. The molecule has 2 atom stereocenters. The Hall–Kier alpha value is -1.82. The van der Waals surface area contributed by atoms with Gasteiger partial charge in [-0.25, -0.2) is 0 Å². The average Bonchev–Trinajstić information content (AvgIpc) is 3.05. The van der Waals surface area contributed by atoms with Crippen molar-refractivity contribution in [2.75, 3.05) is 5.75 Å². The van der Waals surface area contributed by atoms with E-state index in [4.69, 9.17) is 0 Å². The van der Waals surface area contributed by atoms with Crippen LogP contribution in [0.2, 0.25) is 0 Å². The van der Waals surface area contributed by atoms with E-state index in [1.54, 1.807) is 0 Å². The molecule has 0 spiro atoms. The summed E-state index contributed by atoms with van der Waals surface area (Å²) in [6, 6.07) is 8.51. The summed E-state index contributed by atoms with van der Waals surface area (Å²) in [5, 5.41) is 12.7. The zero-order valence-electron chi connectivity index (χ0n) is 15.9. The molecule has 0 radical (unpaired) electrons. The summed E-state index contributed by atoms with van der Waals surface area (Å²) in [6.45, 7) is 7.17. The first-order valence-electron chi connectivity index (χ1n) is 9.51. The van der Waals surface area contributed by atoms with Crippen molar-refractivity contribution in [1.29, 1.82) is 0 Å². The Bertz CT molecular complexity index is 758. The molecule has 1 aromatic heterocycles. The summed E-state index contributed by atoms with van der Waals surface area (Å²) in [5.74, 6) is 1.92. The number of amides is 1. The molecule has 6 heteroatoms. The smallest absolute Gasteiger partial charge is 0.230 e. The van der Waals surface area contributed by atoms with Crippen LogP contribution in [0.5, 0.6) is 0 Å². The third kappa shape index (κ3) is 4.29. The first kappa shape index (κ1) is 19.0. The number of aromatic nitrogens is 3. The number of hydrogen-bond donors (Lipinski definition) is 1. The third-order valence-electron chi connectivity index (χ3n) is 5.21. The first-order chi connectivity index (χ1) is 12.6. The number of nitrogens with zero attached hydrogens (tertiary/aromatic N) is 3. The van der Waals surface area contributed by atoms with E-state index >= 15 is 0 Å². The number of benzene rings is 1. The summed E-state index contributed by atoms with van der Waals surface area (Å²) in [7, 11) is 0. The second kappa shape index (κ2) is 8.71. The topological polar surface area (TPSA) is 59.8 Å². The Morgan fingerprint density at radius 1 is 1.27 bits per heavy atom. The van der Waals surface area contributed by atoms with Crippen molar-refractivity contribution < 1.29 is 4.79 Å². The van der Waals surface area contributed by atoms with Crippen molar-refractivity contribution in [1.82, 2.24) is 20.1 Å². The van der Waals surface area contributed by atoms with Gasteiger partial charge in [0.1, 0.15) is 0 Å². The second-order valence-electron chi connectivity index (χ2n) is 7.09. The Morgan fingerprint density at radius 3 is 2.77 bits per heavy atom. The molecule has 1 heterocycles. The van der Waals surface area contributed by atoms with Crippen LogP contribution < -0.4 is 5.32 Å². The largest absolute Gasteiger partial charge is 0.352 e. The first-order valence-corrected chi connectivity index (χ1v) is 10.5. The molecule has 1 fully saturated rings. The lowest BCUT2D eigenvalue weighted by Crippen LogP contribution is -2.41. The van der Waals surface area contributed by atoms with Crippen LogP contribution in [-0.4, -0.2) is 32.5 Å². The Morgan fingerprint density at radius 2 is 2.04 bits per heavy atom. The fraction of sp³-hybridized carbons (Fsp3) is 0.550. The van der Waals surface area contributed by atoms with E-state index in [-0.39, 0.29) is 5.91 Å². The summed E-state index contributed by atoms with van der Waals surface area (Å²) < 4.78 is 2.09. The van der Waals surface area contributed by atoms with Crippen molar-refractivity contribution in [3.8, 4) is 11.4 Å². The zero-order valence-corrected chi connectivity index (χ0v) is 16.7. The number of nitrogens with one attached hydrogen (secondary N) is 1. The monoisotopic (exact) mass is 372 g/mol. The highest BCUT2D eigenvalue weighted by molar-refractivity contribution is 7.99. The normalized spacial score (nSPS) is 20.1. The molecule has 3 rings (SSSR count). The lowest BCUT2D eigenvalue weighted by atomic mass is 9.86. The maximum absolute atomic E-state index is 12.4. The van der Waals surface area contributed by atoms with Crippen molar-refractivity contribution >= 4 is 17.7 Å². The van der Waals surface area contributed by atoms with Crippen molar-refractivity contribution in [2.24, 2.45) is 5.92 Å². The molecule has 0 bridgehead atoms. The third-order valence-corrected chi connectivity index (χ3v) is 6.18. The summed E-state index contributed by atoms with van der Waals surface area (Å²) in [4.78, 5) is 12.4. The van der Waals surface area contributed by atoms with E-state index in [1.165, 1.54) is 36.6 Å². The van der Waals surface area contributed by atoms with E-state index in [0.717, 1.165) is 29.5 Å². The van der Waals surface area contributed by atoms with E-state index in [0.29, 0.717) is 17.7 Å². The van der Waals surface area contributed by atoms with Crippen LogP contribution in [0.4, 0.5) is 0 Å². The minimum atomic E-state index is 0.0943. The predicted octanol–water partition coefficient (Wildman–Crippen LogP) is 4.06. The average molecular weight is 373 g/mol. The van der Waals surface area contributed by atoms with E-state index in [9.17, 15) is 4.79 Å². The van der Waals surface area contributed by atoms with Crippen LogP contribution in [0, 0.1) is 12.8 Å². The van der Waals surface area contributed by atoms with Crippen LogP contribution in [0.25, 0.3) is 11.4 Å². The maximum Gasteiger partial charge on any atom is 0.230 e. The fourth-order valence-electron chi connectivity index (χ4n) is 3.61. The zero-order chi connectivity index (χ0) is 18.5. The molecule has 1 aliphatic carbocycles. The van der Waals surface area contributed by atoms with Gasteiger partial charge in [-0.3, -0.25) is 4.79 Å². The number of hydrogen-bond acceptors (Lipinski definition) is 4. The van der Waals surface area contributed by atoms with E-state index in [2.05, 4.69) is 53.0 Å². The number of thioether (sulfide) groups is 1. The lowest BCUT2D eigenvalue weighted by Gasteiger charge is -2.29. The SMILES string of the molecule is CCn1c(SCC(=O)N[C@H]2CCCC[C@@H]2C)nnc1-c1ccccc1C. The van der Waals surface area contributed by atoms with Gasteiger partial charge in [0.05, 0.1) is 5.75 Å². The predicted molar refractivity (Wildman–Crippen MR) is 106 cm³/mol. The fourth-order valence-corrected chi connectivity index (χ4v) is 4.43. The van der Waals surface area contributed by atoms with Gasteiger partial charge < -0.3 is 9.88 Å². The minimum absolute atomic E-state index is 0.0943. The molecule has 26 heavy (non-hydrogen) atoms. The molecular formula is C20H28N4OS. The van der Waals surface area contributed by atoms with Gasteiger partial charge in [-0.05, 0) is 38.2 Å². The molecule has 1 aliphatic rings. The molecule has 2 aromatic rings. The molecule has 0 aliphatic heterocycles. The van der Waals surface area contributed by atoms with Crippen LogP contribution >= 0.6 is 11.8 Å². The van der Waals surface area contributed by atoms with Gasteiger partial charge in [0.2, 0.25) is 5.91 Å². The number of aryl methyl sites for hydroxylation is 1. The van der Waals surface area contributed by atoms with Crippen LogP contribution in [0.15, 0.2) is 29.4 Å². The van der Waals surface area contributed by atoms with Crippen molar-refractivity contribution in [3.63, 3.8) is 0 Å². The van der Waals surface area contributed by atoms with Crippen LogP contribution in [0.1, 0.15) is 45.1 Å². The van der Waals surface area contributed by atoms with Gasteiger partial charge in [0.25, 0.3) is 0 Å². The molecule has 1 saturated carbocycles. The minimum Gasteiger partial charge on any atom is -0.352 e. The van der Waals surface area contributed by atoms with Crippen LogP contribution in [-0.2, 0) is 11.3 Å². The molecular weight excluding hydrogens is 344 g/mol. The van der Waals surface area contributed by atoms with Gasteiger partial charge in [0.15, 0.2) is 11.0 Å². The quantitative estimate of drug-likeness (QED) is 0.777. The van der Waals surface area contributed by atoms with Crippen molar-refractivity contribution in [3.05, 3.63) is 29.8 Å².